The summed E-state index contributed by atoms with van der Waals surface area (Å²) in [6.07, 6.45) is 1.46. The SMILES string of the molecule is COc1ccc(F)c2c1cc(C)n2CCN(c1ccnc(Cl)c1)S(=O)(=O)C(C)C. The molecule has 2 aromatic heterocycles. The Balaban J connectivity index is 2.04. The number of hydrogen-bond donors (Lipinski definition) is 0. The van der Waals surface area contributed by atoms with Gasteiger partial charge < -0.3 is 9.30 Å². The van der Waals surface area contributed by atoms with Gasteiger partial charge in [0.15, 0.2) is 0 Å². The van der Waals surface area contributed by atoms with E-state index >= 15 is 0 Å². The van der Waals surface area contributed by atoms with Crippen molar-refractivity contribution in [3.05, 3.63) is 53.2 Å². The van der Waals surface area contributed by atoms with Gasteiger partial charge in [0.2, 0.25) is 10.0 Å². The number of anilines is 1. The summed E-state index contributed by atoms with van der Waals surface area (Å²) in [5.41, 5.74) is 1.61. The largest absolute Gasteiger partial charge is 0.496 e. The van der Waals surface area contributed by atoms with Crippen molar-refractivity contribution in [1.29, 1.82) is 0 Å². The number of ether oxygens (including phenoxy) is 1. The van der Waals surface area contributed by atoms with Gasteiger partial charge in [0.1, 0.15) is 16.7 Å². The molecule has 29 heavy (non-hydrogen) atoms. The molecule has 0 saturated carbocycles. The molecule has 156 valence electrons. The average molecular weight is 440 g/mol. The highest BCUT2D eigenvalue weighted by Gasteiger charge is 2.27. The van der Waals surface area contributed by atoms with Crippen LogP contribution in [0.4, 0.5) is 10.1 Å². The highest BCUT2D eigenvalue weighted by atomic mass is 35.5. The molecule has 0 amide bonds. The third-order valence-electron chi connectivity index (χ3n) is 4.82. The number of aryl methyl sites for hydroxylation is 1. The molecule has 0 bridgehead atoms. The van der Waals surface area contributed by atoms with Crippen LogP contribution >= 0.6 is 11.6 Å². The van der Waals surface area contributed by atoms with E-state index in [0.29, 0.717) is 22.3 Å². The summed E-state index contributed by atoms with van der Waals surface area (Å²) in [4.78, 5) is 3.92. The number of pyridine rings is 1. The zero-order valence-corrected chi connectivity index (χ0v) is 18.3. The second-order valence-electron chi connectivity index (χ2n) is 6.95. The van der Waals surface area contributed by atoms with E-state index in [0.717, 1.165) is 5.69 Å². The molecule has 0 aliphatic heterocycles. The summed E-state index contributed by atoms with van der Waals surface area (Å²) in [7, 11) is -2.10. The van der Waals surface area contributed by atoms with Crippen LogP contribution in [-0.2, 0) is 16.6 Å². The number of sulfonamides is 1. The first-order valence-corrected chi connectivity index (χ1v) is 11.0. The van der Waals surface area contributed by atoms with Gasteiger partial charge in [0.05, 0.1) is 30.1 Å². The van der Waals surface area contributed by atoms with Crippen molar-refractivity contribution in [2.45, 2.75) is 32.6 Å². The number of benzene rings is 1. The third-order valence-corrected chi connectivity index (χ3v) is 7.23. The van der Waals surface area contributed by atoms with E-state index in [1.165, 1.54) is 29.7 Å². The van der Waals surface area contributed by atoms with Gasteiger partial charge in [-0.15, -0.1) is 0 Å². The van der Waals surface area contributed by atoms with Gasteiger partial charge in [-0.3, -0.25) is 4.31 Å². The minimum atomic E-state index is -3.64. The molecule has 0 N–H and O–H groups in total. The quantitative estimate of drug-likeness (QED) is 0.512. The van der Waals surface area contributed by atoms with Gasteiger partial charge >= 0.3 is 0 Å². The smallest absolute Gasteiger partial charge is 0.237 e. The maximum Gasteiger partial charge on any atom is 0.237 e. The van der Waals surface area contributed by atoms with E-state index in [-0.39, 0.29) is 24.1 Å². The fourth-order valence-electron chi connectivity index (χ4n) is 3.30. The molecule has 1 aromatic carbocycles. The molecule has 0 saturated heterocycles. The van der Waals surface area contributed by atoms with Crippen molar-refractivity contribution >= 4 is 38.2 Å². The van der Waals surface area contributed by atoms with Gasteiger partial charge in [-0.05, 0) is 51.1 Å². The molecule has 0 aliphatic carbocycles. The van der Waals surface area contributed by atoms with Crippen molar-refractivity contribution < 1.29 is 17.5 Å². The molecule has 9 heteroatoms. The maximum atomic E-state index is 14.6. The van der Waals surface area contributed by atoms with Crippen molar-refractivity contribution in [3.8, 4) is 5.75 Å². The van der Waals surface area contributed by atoms with Gasteiger partial charge in [0, 0.05) is 23.8 Å². The van der Waals surface area contributed by atoms with Crippen LogP contribution in [0.3, 0.4) is 0 Å². The number of aromatic nitrogens is 2. The number of hydrogen-bond acceptors (Lipinski definition) is 4. The van der Waals surface area contributed by atoms with Crippen LogP contribution in [0.5, 0.6) is 5.75 Å². The lowest BCUT2D eigenvalue weighted by atomic mass is 10.2. The summed E-state index contributed by atoms with van der Waals surface area (Å²) in [6.45, 7) is 5.45. The van der Waals surface area contributed by atoms with Crippen LogP contribution in [0, 0.1) is 12.7 Å². The molecule has 0 fully saturated rings. The van der Waals surface area contributed by atoms with Crippen LogP contribution in [0.25, 0.3) is 10.9 Å². The summed E-state index contributed by atoms with van der Waals surface area (Å²) < 4.78 is 49.0. The fraction of sp³-hybridized carbons (Fsp3) is 0.350. The first-order chi connectivity index (χ1) is 13.7. The lowest BCUT2D eigenvalue weighted by Crippen LogP contribution is -2.38. The Morgan fingerprint density at radius 1 is 1.28 bits per heavy atom. The molecule has 0 aliphatic rings. The molecule has 0 atom stereocenters. The predicted octanol–water partition coefficient (Wildman–Crippen LogP) is 4.39. The molecule has 0 spiro atoms. The predicted molar refractivity (Wildman–Crippen MR) is 114 cm³/mol. The minimum absolute atomic E-state index is 0.113. The van der Waals surface area contributed by atoms with E-state index in [4.69, 9.17) is 16.3 Å². The standard InChI is InChI=1S/C20H23ClFN3O3S/c1-13(2)29(26,27)25(15-7-8-23-19(21)12-15)10-9-24-14(3)11-16-18(28-4)6-5-17(22)20(16)24/h5-8,11-13H,9-10H2,1-4H3. The van der Waals surface area contributed by atoms with Crippen molar-refractivity contribution in [1.82, 2.24) is 9.55 Å². The molecule has 6 nitrogen and oxygen atoms in total. The summed E-state index contributed by atoms with van der Waals surface area (Å²) in [6, 6.07) is 7.86. The van der Waals surface area contributed by atoms with Crippen molar-refractivity contribution in [3.63, 3.8) is 0 Å². The minimum Gasteiger partial charge on any atom is -0.496 e. The molecule has 0 unspecified atom stereocenters. The highest BCUT2D eigenvalue weighted by Crippen LogP contribution is 2.31. The fourth-order valence-corrected chi connectivity index (χ4v) is 4.72. The van der Waals surface area contributed by atoms with Crippen LogP contribution in [0.2, 0.25) is 5.15 Å². The van der Waals surface area contributed by atoms with E-state index < -0.39 is 15.3 Å². The summed E-state index contributed by atoms with van der Waals surface area (Å²) in [5, 5.41) is 0.217. The zero-order chi connectivity index (χ0) is 21.3. The van der Waals surface area contributed by atoms with E-state index in [9.17, 15) is 12.8 Å². The van der Waals surface area contributed by atoms with Crippen LogP contribution in [0.15, 0.2) is 36.5 Å². The Hall–Kier alpha value is -2.32. The Kier molecular flexibility index (Phi) is 6.05. The van der Waals surface area contributed by atoms with Gasteiger partial charge in [-0.1, -0.05) is 11.6 Å². The molecule has 3 aromatic rings. The van der Waals surface area contributed by atoms with Crippen LogP contribution in [-0.4, -0.2) is 36.9 Å². The highest BCUT2D eigenvalue weighted by molar-refractivity contribution is 7.93. The number of nitrogens with zero attached hydrogens (tertiary/aromatic N) is 3. The van der Waals surface area contributed by atoms with Crippen molar-refractivity contribution in [2.75, 3.05) is 18.0 Å². The number of rotatable bonds is 7. The lowest BCUT2D eigenvalue weighted by molar-refractivity contribution is 0.419. The van der Waals surface area contributed by atoms with Gasteiger partial charge in [-0.2, -0.15) is 0 Å². The molecule has 2 heterocycles. The van der Waals surface area contributed by atoms with Crippen LogP contribution < -0.4 is 9.04 Å². The maximum absolute atomic E-state index is 14.6. The Bertz CT molecular complexity index is 1150. The van der Waals surface area contributed by atoms with Crippen LogP contribution in [0.1, 0.15) is 19.5 Å². The molecule has 0 radical (unpaired) electrons. The van der Waals surface area contributed by atoms with E-state index in [1.54, 1.807) is 30.5 Å². The summed E-state index contributed by atoms with van der Waals surface area (Å²) >= 11 is 5.97. The van der Waals surface area contributed by atoms with Gasteiger partial charge in [0.25, 0.3) is 0 Å². The number of halogens is 2. The lowest BCUT2D eigenvalue weighted by Gasteiger charge is -2.27. The molecule has 3 rings (SSSR count). The monoisotopic (exact) mass is 439 g/mol. The third kappa shape index (κ3) is 4.04. The summed E-state index contributed by atoms with van der Waals surface area (Å²) in [5.74, 6) is 0.176. The van der Waals surface area contributed by atoms with E-state index in [2.05, 4.69) is 4.98 Å². The second-order valence-corrected chi connectivity index (χ2v) is 9.75. The molecular formula is C20H23ClFN3O3S. The first kappa shape index (κ1) is 21.4. The Labute approximate surface area is 174 Å². The first-order valence-electron chi connectivity index (χ1n) is 9.12. The zero-order valence-electron chi connectivity index (χ0n) is 16.7. The van der Waals surface area contributed by atoms with Gasteiger partial charge in [-0.25, -0.2) is 17.8 Å². The number of fused-ring (bicyclic) bond motifs is 1. The average Bonchev–Trinajstić information content (AvgIpc) is 2.99. The van der Waals surface area contributed by atoms with E-state index in [1.807, 2.05) is 13.0 Å². The Morgan fingerprint density at radius 3 is 2.62 bits per heavy atom. The molecular weight excluding hydrogens is 417 g/mol. The Morgan fingerprint density at radius 2 is 2.00 bits per heavy atom. The van der Waals surface area contributed by atoms with Crippen molar-refractivity contribution in [2.24, 2.45) is 0 Å². The second kappa shape index (κ2) is 8.20. The number of methoxy groups -OCH3 is 1. The normalized spacial score (nSPS) is 12.0. The topological polar surface area (TPSA) is 64.4 Å².